The third kappa shape index (κ3) is 3.17. The van der Waals surface area contributed by atoms with E-state index in [2.05, 4.69) is 10.3 Å². The number of thioether (sulfide) groups is 1. The first-order chi connectivity index (χ1) is 11.0. The molecule has 1 unspecified atom stereocenters. The van der Waals surface area contributed by atoms with E-state index >= 15 is 0 Å². The Kier molecular flexibility index (Phi) is 4.26. The van der Waals surface area contributed by atoms with Gasteiger partial charge in [0, 0.05) is 29.7 Å². The molecule has 0 saturated carbocycles. The summed E-state index contributed by atoms with van der Waals surface area (Å²) in [5.41, 5.74) is 3.56. The number of nitrogens with zero attached hydrogens (tertiary/aromatic N) is 2. The molecule has 0 radical (unpaired) electrons. The number of carbonyl (C=O) groups excluding carboxylic acids is 1. The Bertz CT molecular complexity index is 829. The summed E-state index contributed by atoms with van der Waals surface area (Å²) in [6, 6.07) is 5.94. The largest absolute Gasteiger partial charge is 0.326 e. The molecule has 23 heavy (non-hydrogen) atoms. The highest BCUT2D eigenvalue weighted by Crippen LogP contribution is 2.26. The van der Waals surface area contributed by atoms with Gasteiger partial charge >= 0.3 is 0 Å². The molecule has 1 aromatic heterocycles. The van der Waals surface area contributed by atoms with Crippen molar-refractivity contribution in [2.45, 2.75) is 32.5 Å². The lowest BCUT2D eigenvalue weighted by molar-refractivity contribution is -0.119. The maximum Gasteiger partial charge on any atom is 0.257 e. The number of nitrogens with one attached hydrogen (secondary N) is 1. The summed E-state index contributed by atoms with van der Waals surface area (Å²) in [5, 5.41) is 3.67. The number of amides is 1. The van der Waals surface area contributed by atoms with Gasteiger partial charge in [0.25, 0.3) is 5.56 Å². The SMILES string of the molecule is Cc1ccc(NC(=O)C2CSc3ncc(C)c(=O)n3C2)c(C)c1. The molecule has 5 nitrogen and oxygen atoms in total. The predicted octanol–water partition coefficient (Wildman–Crippen LogP) is 2.53. The fourth-order valence-corrected chi connectivity index (χ4v) is 3.70. The van der Waals surface area contributed by atoms with Gasteiger partial charge in [0.1, 0.15) is 0 Å². The van der Waals surface area contributed by atoms with Gasteiger partial charge in [0.15, 0.2) is 5.16 Å². The van der Waals surface area contributed by atoms with Gasteiger partial charge in [0.05, 0.1) is 5.92 Å². The topological polar surface area (TPSA) is 64.0 Å². The molecular formula is C17H19N3O2S. The average Bonchev–Trinajstić information content (AvgIpc) is 2.53. The van der Waals surface area contributed by atoms with Crippen molar-refractivity contribution >= 4 is 23.4 Å². The molecule has 1 amide bonds. The van der Waals surface area contributed by atoms with Crippen molar-refractivity contribution in [3.8, 4) is 0 Å². The van der Waals surface area contributed by atoms with Crippen LogP contribution in [0.1, 0.15) is 16.7 Å². The fourth-order valence-electron chi connectivity index (χ4n) is 2.65. The quantitative estimate of drug-likeness (QED) is 0.860. The van der Waals surface area contributed by atoms with E-state index in [0.29, 0.717) is 23.0 Å². The maximum atomic E-state index is 12.6. The first-order valence-electron chi connectivity index (χ1n) is 7.53. The summed E-state index contributed by atoms with van der Waals surface area (Å²) in [4.78, 5) is 29.0. The molecule has 1 N–H and O–H groups in total. The van der Waals surface area contributed by atoms with E-state index in [1.165, 1.54) is 11.8 Å². The van der Waals surface area contributed by atoms with Crippen molar-refractivity contribution in [3.05, 3.63) is 51.4 Å². The first kappa shape index (κ1) is 15.8. The van der Waals surface area contributed by atoms with Crippen LogP contribution in [0.3, 0.4) is 0 Å². The third-order valence-electron chi connectivity index (χ3n) is 4.01. The van der Waals surface area contributed by atoms with Gasteiger partial charge < -0.3 is 5.32 Å². The highest BCUT2D eigenvalue weighted by Gasteiger charge is 2.27. The molecule has 0 fully saturated rings. The standard InChI is InChI=1S/C17H19N3O2S/c1-10-4-5-14(11(2)6-10)19-15(21)13-8-20-16(22)12(3)7-18-17(20)23-9-13/h4-7,13H,8-9H2,1-3H3,(H,19,21). The molecule has 1 aromatic carbocycles. The van der Waals surface area contributed by atoms with Gasteiger partial charge in [-0.05, 0) is 32.4 Å². The summed E-state index contributed by atoms with van der Waals surface area (Å²) in [6.07, 6.45) is 1.59. The summed E-state index contributed by atoms with van der Waals surface area (Å²) >= 11 is 1.46. The smallest absolute Gasteiger partial charge is 0.257 e. The van der Waals surface area contributed by atoms with E-state index in [1.807, 2.05) is 32.0 Å². The molecule has 0 bridgehead atoms. The van der Waals surface area contributed by atoms with Gasteiger partial charge in [0.2, 0.25) is 5.91 Å². The molecule has 3 rings (SSSR count). The van der Waals surface area contributed by atoms with Crippen molar-refractivity contribution < 1.29 is 4.79 Å². The zero-order valence-corrected chi connectivity index (χ0v) is 14.2. The van der Waals surface area contributed by atoms with E-state index in [0.717, 1.165) is 16.8 Å². The number of hydrogen-bond donors (Lipinski definition) is 1. The Morgan fingerprint density at radius 2 is 2.09 bits per heavy atom. The predicted molar refractivity (Wildman–Crippen MR) is 92.0 cm³/mol. The molecule has 1 atom stereocenters. The Hall–Kier alpha value is -2.08. The molecule has 1 aliphatic rings. The van der Waals surface area contributed by atoms with E-state index in [4.69, 9.17) is 0 Å². The highest BCUT2D eigenvalue weighted by molar-refractivity contribution is 7.99. The van der Waals surface area contributed by atoms with Crippen LogP contribution < -0.4 is 10.9 Å². The van der Waals surface area contributed by atoms with Gasteiger partial charge in [-0.15, -0.1) is 0 Å². The second-order valence-corrected chi connectivity index (χ2v) is 6.94. The fraction of sp³-hybridized carbons (Fsp3) is 0.353. The van der Waals surface area contributed by atoms with Gasteiger partial charge in [-0.3, -0.25) is 14.2 Å². The Labute approximate surface area is 139 Å². The van der Waals surface area contributed by atoms with Crippen LogP contribution in [-0.2, 0) is 11.3 Å². The van der Waals surface area contributed by atoms with Crippen LogP contribution in [0.2, 0.25) is 0 Å². The number of fused-ring (bicyclic) bond motifs is 1. The maximum absolute atomic E-state index is 12.6. The monoisotopic (exact) mass is 329 g/mol. The molecule has 2 aromatic rings. The lowest BCUT2D eigenvalue weighted by Gasteiger charge is -2.24. The van der Waals surface area contributed by atoms with Crippen LogP contribution in [0.15, 0.2) is 34.3 Å². The molecular weight excluding hydrogens is 310 g/mol. The molecule has 1 aliphatic heterocycles. The first-order valence-corrected chi connectivity index (χ1v) is 8.51. The minimum absolute atomic E-state index is 0.0523. The van der Waals surface area contributed by atoms with Crippen LogP contribution in [0.5, 0.6) is 0 Å². The van der Waals surface area contributed by atoms with Crippen LogP contribution in [-0.4, -0.2) is 21.2 Å². The number of hydrogen-bond acceptors (Lipinski definition) is 4. The molecule has 6 heteroatoms. The summed E-state index contributed by atoms with van der Waals surface area (Å²) < 4.78 is 1.61. The van der Waals surface area contributed by atoms with Crippen molar-refractivity contribution in [1.29, 1.82) is 0 Å². The Balaban J connectivity index is 1.79. The van der Waals surface area contributed by atoms with Crippen molar-refractivity contribution in [1.82, 2.24) is 9.55 Å². The van der Waals surface area contributed by atoms with Crippen molar-refractivity contribution in [3.63, 3.8) is 0 Å². The number of aromatic nitrogens is 2. The van der Waals surface area contributed by atoms with Crippen LogP contribution in [0.4, 0.5) is 5.69 Å². The summed E-state index contributed by atoms with van der Waals surface area (Å²) in [5.74, 6) is 0.338. The van der Waals surface area contributed by atoms with E-state index in [1.54, 1.807) is 17.7 Å². The second-order valence-electron chi connectivity index (χ2n) is 5.96. The van der Waals surface area contributed by atoms with E-state index in [-0.39, 0.29) is 17.4 Å². The second kappa shape index (κ2) is 6.20. The van der Waals surface area contributed by atoms with E-state index < -0.39 is 0 Å². The third-order valence-corrected chi connectivity index (χ3v) is 5.16. The lowest BCUT2D eigenvalue weighted by Crippen LogP contribution is -2.37. The number of aryl methyl sites for hydroxylation is 3. The number of anilines is 1. The molecule has 0 spiro atoms. The van der Waals surface area contributed by atoms with Crippen LogP contribution in [0, 0.1) is 26.7 Å². The molecule has 0 saturated heterocycles. The van der Waals surface area contributed by atoms with Gasteiger partial charge in [-0.25, -0.2) is 4.98 Å². The zero-order valence-electron chi connectivity index (χ0n) is 13.4. The van der Waals surface area contributed by atoms with E-state index in [9.17, 15) is 9.59 Å². The minimum atomic E-state index is -0.241. The average molecular weight is 329 g/mol. The summed E-state index contributed by atoms with van der Waals surface area (Å²) in [6.45, 7) is 6.12. The number of rotatable bonds is 2. The van der Waals surface area contributed by atoms with Crippen LogP contribution >= 0.6 is 11.8 Å². The summed E-state index contributed by atoms with van der Waals surface area (Å²) in [7, 11) is 0. The van der Waals surface area contributed by atoms with Gasteiger partial charge in [-0.2, -0.15) is 0 Å². The minimum Gasteiger partial charge on any atom is -0.326 e. The van der Waals surface area contributed by atoms with Crippen molar-refractivity contribution in [2.24, 2.45) is 5.92 Å². The Morgan fingerprint density at radius 3 is 2.83 bits per heavy atom. The zero-order chi connectivity index (χ0) is 16.6. The normalized spacial score (nSPS) is 16.7. The number of carbonyl (C=O) groups is 1. The number of benzene rings is 1. The van der Waals surface area contributed by atoms with Crippen molar-refractivity contribution in [2.75, 3.05) is 11.1 Å². The highest BCUT2D eigenvalue weighted by atomic mass is 32.2. The van der Waals surface area contributed by atoms with Gasteiger partial charge in [-0.1, -0.05) is 29.5 Å². The Morgan fingerprint density at radius 1 is 1.30 bits per heavy atom. The molecule has 120 valence electrons. The van der Waals surface area contributed by atoms with Crippen LogP contribution in [0.25, 0.3) is 0 Å². The lowest BCUT2D eigenvalue weighted by atomic mass is 10.1. The molecule has 2 heterocycles. The molecule has 0 aliphatic carbocycles.